The molecule has 30 heavy (non-hydrogen) atoms. The molecule has 0 unspecified atom stereocenters. The van der Waals surface area contributed by atoms with Gasteiger partial charge in [0.15, 0.2) is 0 Å². The molecule has 152 valence electrons. The molecule has 0 aliphatic carbocycles. The fourth-order valence-corrected chi connectivity index (χ4v) is 4.04. The first-order valence-electron chi connectivity index (χ1n) is 10.1. The molecular formula is C24H23FN4O. The minimum Gasteiger partial charge on any atom is -0.370 e. The van der Waals surface area contributed by atoms with Crippen LogP contribution in [0.2, 0.25) is 0 Å². The van der Waals surface area contributed by atoms with Gasteiger partial charge < -0.3 is 10.2 Å². The number of aryl methyl sites for hydroxylation is 2. The molecular weight excluding hydrogens is 379 g/mol. The molecule has 1 amide bonds. The molecule has 2 heterocycles. The van der Waals surface area contributed by atoms with E-state index in [0.717, 1.165) is 16.8 Å². The predicted octanol–water partition coefficient (Wildman–Crippen LogP) is 4.72. The number of piperidine rings is 1. The second-order valence-electron chi connectivity index (χ2n) is 7.86. The summed E-state index contributed by atoms with van der Waals surface area (Å²) in [4.78, 5) is 19.2. The zero-order valence-electron chi connectivity index (χ0n) is 17.1. The van der Waals surface area contributed by atoms with E-state index < -0.39 is 0 Å². The van der Waals surface area contributed by atoms with Crippen LogP contribution in [0.15, 0.2) is 42.6 Å². The van der Waals surface area contributed by atoms with Crippen molar-refractivity contribution >= 4 is 28.2 Å². The third kappa shape index (κ3) is 3.84. The molecule has 2 aromatic carbocycles. The van der Waals surface area contributed by atoms with E-state index in [1.54, 1.807) is 6.07 Å². The number of halogens is 1. The first-order chi connectivity index (χ1) is 14.5. The van der Waals surface area contributed by atoms with Crippen LogP contribution in [0, 0.1) is 36.9 Å². The van der Waals surface area contributed by atoms with Gasteiger partial charge in [-0.25, -0.2) is 4.39 Å². The number of nitriles is 1. The van der Waals surface area contributed by atoms with Crippen molar-refractivity contribution in [1.82, 2.24) is 4.98 Å². The fourth-order valence-electron chi connectivity index (χ4n) is 4.04. The van der Waals surface area contributed by atoms with E-state index in [0.29, 0.717) is 48.1 Å². The summed E-state index contributed by atoms with van der Waals surface area (Å²) in [6.07, 6.45) is 2.87. The Labute approximate surface area is 175 Å². The van der Waals surface area contributed by atoms with Crippen LogP contribution in [-0.4, -0.2) is 24.0 Å². The molecule has 1 aromatic heterocycles. The highest BCUT2D eigenvalue weighted by Gasteiger charge is 2.27. The van der Waals surface area contributed by atoms with Gasteiger partial charge in [0.05, 0.1) is 16.8 Å². The lowest BCUT2D eigenvalue weighted by Crippen LogP contribution is -2.38. The van der Waals surface area contributed by atoms with E-state index in [4.69, 9.17) is 0 Å². The van der Waals surface area contributed by atoms with E-state index in [9.17, 15) is 14.4 Å². The number of benzene rings is 2. The van der Waals surface area contributed by atoms with Crippen molar-refractivity contribution in [1.29, 1.82) is 5.26 Å². The number of nitrogens with one attached hydrogen (secondary N) is 1. The number of hydrogen-bond donors (Lipinski definition) is 1. The Morgan fingerprint density at radius 2 is 1.97 bits per heavy atom. The molecule has 1 N–H and O–H groups in total. The second kappa shape index (κ2) is 8.11. The molecule has 0 radical (unpaired) electrons. The van der Waals surface area contributed by atoms with Crippen molar-refractivity contribution in [2.24, 2.45) is 5.92 Å². The number of amides is 1. The molecule has 4 rings (SSSR count). The summed E-state index contributed by atoms with van der Waals surface area (Å²) < 4.78 is 13.9. The van der Waals surface area contributed by atoms with Gasteiger partial charge in [0.2, 0.25) is 5.91 Å². The van der Waals surface area contributed by atoms with E-state index in [1.165, 1.54) is 18.3 Å². The third-order valence-corrected chi connectivity index (χ3v) is 5.75. The molecule has 0 atom stereocenters. The highest BCUT2D eigenvalue weighted by molar-refractivity contribution is 5.95. The Morgan fingerprint density at radius 3 is 2.70 bits per heavy atom. The van der Waals surface area contributed by atoms with Crippen molar-refractivity contribution in [2.45, 2.75) is 26.7 Å². The van der Waals surface area contributed by atoms with Crippen molar-refractivity contribution in [3.8, 4) is 6.07 Å². The van der Waals surface area contributed by atoms with Gasteiger partial charge in [0.1, 0.15) is 11.9 Å². The van der Waals surface area contributed by atoms with Gasteiger partial charge >= 0.3 is 0 Å². The highest BCUT2D eigenvalue weighted by Crippen LogP contribution is 2.33. The monoisotopic (exact) mass is 402 g/mol. The van der Waals surface area contributed by atoms with Crippen LogP contribution in [0.25, 0.3) is 10.9 Å². The standard InChI is InChI=1S/C24H23FN4O/c1-15-3-4-16(2)22(11-15)28-24(30)17-7-9-29(10-8-17)23-18(13-26)14-27-21-6-5-19(25)12-20(21)23/h3-6,11-12,14,17H,7-10H2,1-2H3,(H,28,30). The molecule has 6 heteroatoms. The Kier molecular flexibility index (Phi) is 5.37. The van der Waals surface area contributed by atoms with Crippen molar-refractivity contribution in [2.75, 3.05) is 23.3 Å². The number of anilines is 2. The number of carbonyl (C=O) groups is 1. The summed E-state index contributed by atoms with van der Waals surface area (Å²) >= 11 is 0. The van der Waals surface area contributed by atoms with Gasteiger partial charge in [-0.3, -0.25) is 9.78 Å². The van der Waals surface area contributed by atoms with Crippen LogP contribution < -0.4 is 10.2 Å². The molecule has 5 nitrogen and oxygen atoms in total. The van der Waals surface area contributed by atoms with Gasteiger partial charge in [-0.1, -0.05) is 12.1 Å². The largest absolute Gasteiger partial charge is 0.370 e. The second-order valence-corrected chi connectivity index (χ2v) is 7.86. The number of hydrogen-bond acceptors (Lipinski definition) is 4. The fraction of sp³-hybridized carbons (Fsp3) is 0.292. The average Bonchev–Trinajstić information content (AvgIpc) is 2.75. The van der Waals surface area contributed by atoms with E-state index >= 15 is 0 Å². The number of fused-ring (bicyclic) bond motifs is 1. The summed E-state index contributed by atoms with van der Waals surface area (Å²) in [6.45, 7) is 5.22. The predicted molar refractivity (Wildman–Crippen MR) is 116 cm³/mol. The summed E-state index contributed by atoms with van der Waals surface area (Å²) in [6, 6.07) is 12.6. The molecule has 0 saturated carbocycles. The van der Waals surface area contributed by atoms with Crippen LogP contribution in [0.1, 0.15) is 29.5 Å². The zero-order chi connectivity index (χ0) is 21.3. The maximum Gasteiger partial charge on any atom is 0.227 e. The van der Waals surface area contributed by atoms with Gasteiger partial charge in [0, 0.05) is 36.3 Å². The van der Waals surface area contributed by atoms with Gasteiger partial charge in [-0.15, -0.1) is 0 Å². The quantitative estimate of drug-likeness (QED) is 0.688. The molecule has 1 fully saturated rings. The summed E-state index contributed by atoms with van der Waals surface area (Å²) in [7, 11) is 0. The number of rotatable bonds is 3. The smallest absolute Gasteiger partial charge is 0.227 e. The average molecular weight is 402 g/mol. The topological polar surface area (TPSA) is 69.0 Å². The molecule has 0 spiro atoms. The number of aromatic nitrogens is 1. The molecule has 3 aromatic rings. The maximum absolute atomic E-state index is 13.9. The normalized spacial score (nSPS) is 14.5. The van der Waals surface area contributed by atoms with Crippen LogP contribution >= 0.6 is 0 Å². The van der Waals surface area contributed by atoms with E-state index in [-0.39, 0.29) is 17.6 Å². The van der Waals surface area contributed by atoms with Crippen LogP contribution in [0.3, 0.4) is 0 Å². The Morgan fingerprint density at radius 1 is 1.20 bits per heavy atom. The van der Waals surface area contributed by atoms with Crippen LogP contribution in [0.5, 0.6) is 0 Å². The molecule has 1 saturated heterocycles. The van der Waals surface area contributed by atoms with E-state index in [2.05, 4.69) is 21.3 Å². The Bertz CT molecular complexity index is 1160. The Balaban J connectivity index is 1.52. The summed E-state index contributed by atoms with van der Waals surface area (Å²) in [5.74, 6) is -0.436. The lowest BCUT2D eigenvalue weighted by Gasteiger charge is -2.34. The molecule has 1 aliphatic rings. The number of pyridine rings is 1. The van der Waals surface area contributed by atoms with Crippen LogP contribution in [-0.2, 0) is 4.79 Å². The number of carbonyl (C=O) groups excluding carboxylic acids is 1. The molecule has 1 aliphatic heterocycles. The highest BCUT2D eigenvalue weighted by atomic mass is 19.1. The van der Waals surface area contributed by atoms with Crippen LogP contribution in [0.4, 0.5) is 15.8 Å². The number of nitrogens with zero attached hydrogens (tertiary/aromatic N) is 3. The maximum atomic E-state index is 13.9. The minimum atomic E-state index is -0.358. The van der Waals surface area contributed by atoms with Crippen molar-refractivity contribution in [3.63, 3.8) is 0 Å². The summed E-state index contributed by atoms with van der Waals surface area (Å²) in [5, 5.41) is 13.3. The lowest BCUT2D eigenvalue weighted by molar-refractivity contribution is -0.120. The van der Waals surface area contributed by atoms with Gasteiger partial charge in [0.25, 0.3) is 0 Å². The first kappa shape index (κ1) is 19.8. The van der Waals surface area contributed by atoms with E-state index in [1.807, 2.05) is 32.0 Å². The lowest BCUT2D eigenvalue weighted by atomic mass is 9.94. The Hall–Kier alpha value is -3.46. The summed E-state index contributed by atoms with van der Waals surface area (Å²) in [5.41, 5.74) is 4.77. The first-order valence-corrected chi connectivity index (χ1v) is 10.1. The molecule has 0 bridgehead atoms. The van der Waals surface area contributed by atoms with Gasteiger partial charge in [-0.05, 0) is 62.1 Å². The third-order valence-electron chi connectivity index (χ3n) is 5.75. The minimum absolute atomic E-state index is 0.0227. The van der Waals surface area contributed by atoms with Crippen molar-refractivity contribution in [3.05, 3.63) is 65.1 Å². The zero-order valence-corrected chi connectivity index (χ0v) is 17.1. The van der Waals surface area contributed by atoms with Gasteiger partial charge in [-0.2, -0.15) is 5.26 Å². The van der Waals surface area contributed by atoms with Crippen molar-refractivity contribution < 1.29 is 9.18 Å². The SMILES string of the molecule is Cc1ccc(C)c(NC(=O)C2CCN(c3c(C#N)cnc4ccc(F)cc34)CC2)c1.